The number of hydrogen-bond donors (Lipinski definition) is 2. The number of hydrogen-bond acceptors (Lipinski definition) is 9. The smallest absolute Gasteiger partial charge is 0.141 e. The zero-order valence-electron chi connectivity index (χ0n) is 33.9. The Kier molecular flexibility index (Phi) is 17.7. The molecule has 4 aromatic rings. The molecule has 0 saturated heterocycles. The highest BCUT2D eigenvalue weighted by molar-refractivity contribution is 5.81. The molecule has 0 spiro atoms. The minimum Gasteiger partial charge on any atom is -0.376 e. The molecule has 0 aliphatic heterocycles. The number of halogens is 1. The van der Waals surface area contributed by atoms with Crippen molar-refractivity contribution in [3.05, 3.63) is 131 Å². The second kappa shape index (κ2) is 21.7. The maximum Gasteiger partial charge on any atom is 0.141 e. The molecule has 55 heavy (non-hydrogen) atoms. The Bertz CT molecular complexity index is 1680. The highest BCUT2D eigenvalue weighted by atomic mass is 35.7. The molecule has 4 aromatic carbocycles. The molecular weight excluding hydrogens is 712 g/mol. The van der Waals surface area contributed by atoms with Gasteiger partial charge in [0, 0.05) is 75.1 Å². The maximum absolute atomic E-state index is 13.3. The summed E-state index contributed by atoms with van der Waals surface area (Å²) >= 11 is 0. The molecule has 10 heteroatoms. The number of anilines is 4. The van der Waals surface area contributed by atoms with Gasteiger partial charge >= 0.3 is 0 Å². The summed E-state index contributed by atoms with van der Waals surface area (Å²) in [5, 5.41) is 13.3. The van der Waals surface area contributed by atoms with Gasteiger partial charge in [-0.2, -0.15) is 14.0 Å². The molecule has 0 saturated carbocycles. The average molecular weight is 773 g/mol. The first-order chi connectivity index (χ1) is 26.3. The van der Waals surface area contributed by atoms with Gasteiger partial charge < -0.3 is 24.7 Å². The van der Waals surface area contributed by atoms with E-state index in [9.17, 15) is 5.11 Å². The lowest BCUT2D eigenvalue weighted by Crippen LogP contribution is -2.58. The molecular formula is C45H61ClN4O5. The van der Waals surface area contributed by atoms with E-state index in [1.165, 1.54) is 11.4 Å². The third-order valence-corrected chi connectivity index (χ3v) is 10.1. The minimum atomic E-state index is -4.69. The molecule has 0 heterocycles. The fourth-order valence-corrected chi connectivity index (χ4v) is 6.99. The predicted octanol–water partition coefficient (Wildman–Crippen LogP) is 5.98. The molecule has 0 aliphatic carbocycles. The van der Waals surface area contributed by atoms with E-state index in [0.29, 0.717) is 0 Å². The van der Waals surface area contributed by atoms with E-state index in [0.717, 1.165) is 91.6 Å². The predicted molar refractivity (Wildman–Crippen MR) is 222 cm³/mol. The first kappa shape index (κ1) is 45.0. The number of aliphatic hydroxyl groups is 1. The van der Waals surface area contributed by atoms with Crippen LogP contribution >= 0.6 is 0 Å². The molecule has 0 bridgehead atoms. The van der Waals surface area contributed by atoms with Crippen molar-refractivity contribution >= 4 is 34.4 Å². The van der Waals surface area contributed by atoms with Crippen LogP contribution < -0.4 is 33.6 Å². The van der Waals surface area contributed by atoms with Crippen molar-refractivity contribution in [2.75, 3.05) is 72.0 Å². The first-order valence-corrected chi connectivity index (χ1v) is 20.7. The normalized spacial score (nSPS) is 12.0. The van der Waals surface area contributed by atoms with Crippen LogP contribution in [0.5, 0.6) is 0 Å². The van der Waals surface area contributed by atoms with Gasteiger partial charge in [-0.1, -0.05) is 66.8 Å². The fourth-order valence-electron chi connectivity index (χ4n) is 6.99. The van der Waals surface area contributed by atoms with E-state index in [1.54, 1.807) is 0 Å². The van der Waals surface area contributed by atoms with Crippen LogP contribution in [-0.4, -0.2) is 62.1 Å². The molecule has 0 aromatic heterocycles. The van der Waals surface area contributed by atoms with Crippen LogP contribution in [0.3, 0.4) is 0 Å². The van der Waals surface area contributed by atoms with Crippen LogP contribution in [-0.2, 0) is 5.60 Å². The molecule has 0 aliphatic rings. The zero-order chi connectivity index (χ0) is 40.6. The second-order valence-electron chi connectivity index (χ2n) is 13.0. The highest BCUT2D eigenvalue weighted by Gasteiger charge is 2.37. The first-order valence-electron chi connectivity index (χ1n) is 19.5. The Labute approximate surface area is 331 Å². The largest absolute Gasteiger partial charge is 0.376 e. The topological polar surface area (TPSA) is 123 Å². The third-order valence-electron chi connectivity index (χ3n) is 10.1. The molecule has 0 radical (unpaired) electrons. The lowest BCUT2D eigenvalue weighted by molar-refractivity contribution is -1.92. The molecule has 4 rings (SSSR count). The van der Waals surface area contributed by atoms with Crippen LogP contribution in [0.15, 0.2) is 109 Å². The van der Waals surface area contributed by atoms with Gasteiger partial charge in [0.2, 0.25) is 0 Å². The van der Waals surface area contributed by atoms with Gasteiger partial charge in [-0.25, -0.2) is 0 Å². The van der Waals surface area contributed by atoms with Crippen molar-refractivity contribution in [2.24, 2.45) is 0 Å². The Morgan fingerprint density at radius 3 is 1.07 bits per heavy atom. The Morgan fingerprint density at radius 2 is 0.782 bits per heavy atom. The van der Waals surface area contributed by atoms with Crippen LogP contribution in [0.4, 0.5) is 22.7 Å². The van der Waals surface area contributed by atoms with Crippen molar-refractivity contribution in [3.63, 3.8) is 0 Å². The minimum absolute atomic E-state index is 0.825. The van der Waals surface area contributed by atoms with Crippen molar-refractivity contribution in [1.29, 1.82) is 0 Å². The molecule has 298 valence electrons. The van der Waals surface area contributed by atoms with Crippen molar-refractivity contribution < 1.29 is 34.0 Å². The summed E-state index contributed by atoms with van der Waals surface area (Å²) in [6, 6.07) is 34.4. The Balaban J connectivity index is 0.00000152. The van der Waals surface area contributed by atoms with E-state index in [1.807, 2.05) is 0 Å². The number of benzene rings is 4. The number of nitrogens with zero attached hydrogens (tertiary/aromatic N) is 4. The standard InChI is InChI=1S/C45H60N4O.ClHO4/c1-9-46(10-2)40-28-20-36(21-29-40)18-17-19-44(37-22-30-41(31-23-37)47(11-3)12-4)45(50,38-24-32-42(33-25-38)48(13-5)14-6)39-26-34-43(35-27-39)49(15-7)16-8;2-1(3,4)5/h17-35,50H,9-16H2,1-8H3;(H,2,3,4,5). The summed E-state index contributed by atoms with van der Waals surface area (Å²) in [7, 11) is -4.69. The maximum atomic E-state index is 13.3. The summed E-state index contributed by atoms with van der Waals surface area (Å²) < 4.78 is 32.7. The van der Waals surface area contributed by atoms with Crippen molar-refractivity contribution in [3.8, 4) is 0 Å². The van der Waals surface area contributed by atoms with Gasteiger partial charge in [0.05, 0.1) is 14.9 Å². The van der Waals surface area contributed by atoms with E-state index in [-0.39, 0.29) is 0 Å². The molecule has 9 nitrogen and oxygen atoms in total. The van der Waals surface area contributed by atoms with Crippen molar-refractivity contribution in [1.82, 2.24) is 0 Å². The monoisotopic (exact) mass is 772 g/mol. The summed E-state index contributed by atoms with van der Waals surface area (Å²) in [6.45, 7) is 25.0. The van der Waals surface area contributed by atoms with Crippen LogP contribution in [0, 0.1) is 10.2 Å². The van der Waals surface area contributed by atoms with Crippen molar-refractivity contribution in [2.45, 2.75) is 61.0 Å². The average Bonchev–Trinajstić information content (AvgIpc) is 3.19. The summed E-state index contributed by atoms with van der Waals surface area (Å²) in [6.07, 6.45) is 6.31. The second-order valence-corrected chi connectivity index (χ2v) is 13.8. The summed E-state index contributed by atoms with van der Waals surface area (Å²) in [5.41, 5.74) is 7.88. The third kappa shape index (κ3) is 12.3. The van der Waals surface area contributed by atoms with Crippen LogP contribution in [0.1, 0.15) is 77.6 Å². The molecule has 0 fully saturated rings. The van der Waals surface area contributed by atoms with Crippen LogP contribution in [0.25, 0.3) is 11.6 Å². The van der Waals surface area contributed by atoms with Gasteiger partial charge in [-0.3, -0.25) is 0 Å². The quantitative estimate of drug-likeness (QED) is 0.118. The molecule has 0 amide bonds. The van der Waals surface area contributed by atoms with Gasteiger partial charge in [0.15, 0.2) is 0 Å². The van der Waals surface area contributed by atoms with E-state index in [2.05, 4.69) is 190 Å². The Morgan fingerprint density at radius 1 is 0.509 bits per heavy atom. The van der Waals surface area contributed by atoms with Gasteiger partial charge in [-0.15, -0.1) is 0 Å². The Hall–Kier alpha value is -4.35. The van der Waals surface area contributed by atoms with Gasteiger partial charge in [0.1, 0.15) is 5.60 Å². The van der Waals surface area contributed by atoms with E-state index >= 15 is 0 Å². The molecule has 2 N–H and O–H groups in total. The van der Waals surface area contributed by atoms with Gasteiger partial charge in [-0.05, 0) is 132 Å². The van der Waals surface area contributed by atoms with Crippen LogP contribution in [0.2, 0.25) is 0 Å². The SMILES string of the molecule is CCN(CC)c1ccc(C=CC=C(c2ccc(N(CC)CC)cc2)C(O)(c2ccc(N(CC)CC)cc2)c2ccc(N(CC)CC)cc2)cc1.[O-][Cl+3]([O-])([O-])O. The zero-order valence-corrected chi connectivity index (χ0v) is 34.7. The molecule has 0 unspecified atom stereocenters. The lowest BCUT2D eigenvalue weighted by Gasteiger charge is -2.34. The summed E-state index contributed by atoms with van der Waals surface area (Å²) in [4.78, 5) is 9.36. The number of rotatable bonds is 18. The van der Waals surface area contributed by atoms with E-state index < -0.39 is 15.8 Å². The summed E-state index contributed by atoms with van der Waals surface area (Å²) in [5.74, 6) is 0. The lowest BCUT2D eigenvalue weighted by atomic mass is 9.76. The highest BCUT2D eigenvalue weighted by Crippen LogP contribution is 2.43. The van der Waals surface area contributed by atoms with E-state index in [4.69, 9.17) is 18.6 Å². The molecule has 0 atom stereocenters. The van der Waals surface area contributed by atoms with Gasteiger partial charge in [0.25, 0.3) is 0 Å². The number of allylic oxidation sites excluding steroid dienone is 2. The fraction of sp³-hybridized carbons (Fsp3) is 0.378.